The highest BCUT2D eigenvalue weighted by atomic mass is 16.3. The minimum atomic E-state index is -0.485. The van der Waals surface area contributed by atoms with Gasteiger partial charge in [-0.2, -0.15) is 0 Å². The van der Waals surface area contributed by atoms with Gasteiger partial charge in [-0.25, -0.2) is 0 Å². The predicted octanol–water partition coefficient (Wildman–Crippen LogP) is -0.782. The molecule has 0 bridgehead atoms. The van der Waals surface area contributed by atoms with Gasteiger partial charge in [-0.1, -0.05) is 0 Å². The van der Waals surface area contributed by atoms with E-state index in [9.17, 15) is 9.90 Å². The Labute approximate surface area is 110 Å². The Bertz CT molecular complexity index is 311. The van der Waals surface area contributed by atoms with Crippen molar-refractivity contribution >= 4 is 5.91 Å². The molecule has 2 fully saturated rings. The zero-order valence-electron chi connectivity index (χ0n) is 11.8. The van der Waals surface area contributed by atoms with Gasteiger partial charge >= 0.3 is 0 Å². The molecule has 0 aromatic rings. The summed E-state index contributed by atoms with van der Waals surface area (Å²) in [5, 5.41) is 10.2. The van der Waals surface area contributed by atoms with Crippen LogP contribution in [0.5, 0.6) is 0 Å². The number of amides is 1. The highest BCUT2D eigenvalue weighted by Gasteiger charge is 2.40. The van der Waals surface area contributed by atoms with Crippen molar-refractivity contribution in [2.45, 2.75) is 12.5 Å². The number of likely N-dealkylation sites (tertiary alicyclic amines) is 1. The van der Waals surface area contributed by atoms with Crippen LogP contribution in [-0.2, 0) is 4.79 Å². The van der Waals surface area contributed by atoms with Crippen molar-refractivity contribution in [1.82, 2.24) is 9.80 Å². The van der Waals surface area contributed by atoms with E-state index in [1.807, 2.05) is 4.90 Å². The van der Waals surface area contributed by atoms with E-state index in [2.05, 4.69) is 26.0 Å². The lowest BCUT2D eigenvalue weighted by Crippen LogP contribution is -2.58. The van der Waals surface area contributed by atoms with E-state index in [4.69, 9.17) is 0 Å². The molecule has 104 valence electrons. The fourth-order valence-electron chi connectivity index (χ4n) is 2.96. The first-order chi connectivity index (χ1) is 8.39. The maximum atomic E-state index is 12.4. The SMILES string of the molecule is CN1CCN(C(=O)C2CC[N+](C)(C)CC2O)CC1. The number of rotatable bonds is 1. The molecular weight excluding hydrogens is 230 g/mol. The first-order valence-corrected chi connectivity index (χ1v) is 6.86. The van der Waals surface area contributed by atoms with Crippen LogP contribution < -0.4 is 0 Å². The molecule has 5 nitrogen and oxygen atoms in total. The molecule has 0 radical (unpaired) electrons. The van der Waals surface area contributed by atoms with Gasteiger partial charge in [-0.3, -0.25) is 4.79 Å². The Balaban J connectivity index is 1.93. The molecule has 1 N–H and O–H groups in total. The molecule has 2 atom stereocenters. The van der Waals surface area contributed by atoms with E-state index < -0.39 is 6.10 Å². The molecule has 2 aliphatic heterocycles. The number of hydrogen-bond donors (Lipinski definition) is 1. The number of likely N-dealkylation sites (N-methyl/N-ethyl adjacent to an activating group) is 2. The highest BCUT2D eigenvalue weighted by Crippen LogP contribution is 2.23. The summed E-state index contributed by atoms with van der Waals surface area (Å²) in [5.41, 5.74) is 0. The Hall–Kier alpha value is -0.650. The van der Waals surface area contributed by atoms with Crippen molar-refractivity contribution in [2.75, 3.05) is 60.4 Å². The number of piperidine rings is 1. The number of aliphatic hydroxyl groups excluding tert-OH is 1. The van der Waals surface area contributed by atoms with Gasteiger partial charge in [0.2, 0.25) is 5.91 Å². The highest BCUT2D eigenvalue weighted by molar-refractivity contribution is 5.79. The molecule has 0 aromatic carbocycles. The van der Waals surface area contributed by atoms with Crippen LogP contribution >= 0.6 is 0 Å². The second kappa shape index (κ2) is 5.15. The van der Waals surface area contributed by atoms with E-state index in [1.165, 1.54) is 0 Å². The Morgan fingerprint density at radius 3 is 2.39 bits per heavy atom. The topological polar surface area (TPSA) is 43.8 Å². The lowest BCUT2D eigenvalue weighted by Gasteiger charge is -2.42. The van der Waals surface area contributed by atoms with Gasteiger partial charge in [0, 0.05) is 32.6 Å². The third-order valence-corrected chi connectivity index (χ3v) is 4.32. The molecule has 2 aliphatic rings. The zero-order valence-corrected chi connectivity index (χ0v) is 11.8. The maximum absolute atomic E-state index is 12.4. The van der Waals surface area contributed by atoms with Crippen LogP contribution in [0.3, 0.4) is 0 Å². The molecule has 0 aliphatic carbocycles. The van der Waals surface area contributed by atoms with Crippen molar-refractivity contribution < 1.29 is 14.4 Å². The van der Waals surface area contributed by atoms with Crippen LogP contribution in [-0.4, -0.2) is 91.8 Å². The number of hydrogen-bond acceptors (Lipinski definition) is 3. The summed E-state index contributed by atoms with van der Waals surface area (Å²) in [7, 11) is 6.30. The van der Waals surface area contributed by atoms with Crippen molar-refractivity contribution in [3.63, 3.8) is 0 Å². The summed E-state index contributed by atoms with van der Waals surface area (Å²) in [5.74, 6) is -0.0187. The molecule has 1 amide bonds. The van der Waals surface area contributed by atoms with Crippen LogP contribution in [0.4, 0.5) is 0 Å². The van der Waals surface area contributed by atoms with Gasteiger partial charge < -0.3 is 19.4 Å². The molecule has 5 heteroatoms. The third-order valence-electron chi connectivity index (χ3n) is 4.32. The minimum absolute atomic E-state index is 0.162. The molecule has 2 saturated heterocycles. The molecule has 0 spiro atoms. The second-order valence-electron chi connectivity index (χ2n) is 6.43. The lowest BCUT2D eigenvalue weighted by molar-refractivity contribution is -0.899. The zero-order chi connectivity index (χ0) is 13.3. The molecule has 2 unspecified atom stereocenters. The predicted molar refractivity (Wildman–Crippen MR) is 70.0 cm³/mol. The van der Waals surface area contributed by atoms with E-state index in [-0.39, 0.29) is 11.8 Å². The summed E-state index contributed by atoms with van der Waals surface area (Å²) >= 11 is 0. The summed E-state index contributed by atoms with van der Waals surface area (Å²) in [4.78, 5) is 16.6. The van der Waals surface area contributed by atoms with Crippen molar-refractivity contribution in [3.05, 3.63) is 0 Å². The van der Waals surface area contributed by atoms with Crippen LogP contribution in [0.2, 0.25) is 0 Å². The normalized spacial score (nSPS) is 33.4. The van der Waals surface area contributed by atoms with Gasteiger partial charge in [0.25, 0.3) is 0 Å². The van der Waals surface area contributed by atoms with Gasteiger partial charge in [-0.15, -0.1) is 0 Å². The molecule has 2 heterocycles. The Kier molecular flexibility index (Phi) is 3.94. The van der Waals surface area contributed by atoms with Crippen LogP contribution in [0.1, 0.15) is 6.42 Å². The number of nitrogens with zero attached hydrogens (tertiary/aromatic N) is 3. The number of quaternary nitrogens is 1. The van der Waals surface area contributed by atoms with E-state index in [1.54, 1.807) is 0 Å². The number of carbonyl (C=O) groups excluding carboxylic acids is 1. The van der Waals surface area contributed by atoms with E-state index in [0.717, 1.165) is 43.6 Å². The second-order valence-corrected chi connectivity index (χ2v) is 6.43. The number of aliphatic hydroxyl groups is 1. The molecule has 0 saturated carbocycles. The Morgan fingerprint density at radius 2 is 1.83 bits per heavy atom. The molecule has 2 rings (SSSR count). The summed E-state index contributed by atoms with van der Waals surface area (Å²) < 4.78 is 0.813. The molecule has 18 heavy (non-hydrogen) atoms. The average molecular weight is 256 g/mol. The van der Waals surface area contributed by atoms with Crippen molar-refractivity contribution in [2.24, 2.45) is 5.92 Å². The average Bonchev–Trinajstić information content (AvgIpc) is 2.28. The fourth-order valence-corrected chi connectivity index (χ4v) is 2.96. The van der Waals surface area contributed by atoms with E-state index in [0.29, 0.717) is 6.54 Å². The van der Waals surface area contributed by atoms with Crippen molar-refractivity contribution in [1.29, 1.82) is 0 Å². The standard InChI is InChI=1S/C13H26N3O2/c1-14-5-7-15(8-6-14)13(18)11-4-9-16(2,3)10-12(11)17/h11-12,17H,4-10H2,1-3H3/q+1. The summed E-state index contributed by atoms with van der Waals surface area (Å²) in [6.45, 7) is 5.14. The van der Waals surface area contributed by atoms with Gasteiger partial charge in [-0.05, 0) is 7.05 Å². The van der Waals surface area contributed by atoms with Crippen LogP contribution in [0, 0.1) is 5.92 Å². The number of carbonyl (C=O) groups is 1. The first kappa shape index (κ1) is 13.8. The smallest absolute Gasteiger partial charge is 0.228 e. The Morgan fingerprint density at radius 1 is 1.22 bits per heavy atom. The largest absolute Gasteiger partial charge is 0.386 e. The summed E-state index contributed by atoms with van der Waals surface area (Å²) in [6.07, 6.45) is 0.320. The van der Waals surface area contributed by atoms with Crippen LogP contribution in [0.15, 0.2) is 0 Å². The van der Waals surface area contributed by atoms with Crippen molar-refractivity contribution in [3.8, 4) is 0 Å². The van der Waals surface area contributed by atoms with Gasteiger partial charge in [0.1, 0.15) is 12.6 Å². The molecule has 0 aromatic heterocycles. The fraction of sp³-hybridized carbons (Fsp3) is 0.923. The molecular formula is C13H26N3O2+. The number of piperazine rings is 1. The quantitative estimate of drug-likeness (QED) is 0.626. The third kappa shape index (κ3) is 3.02. The maximum Gasteiger partial charge on any atom is 0.228 e. The van der Waals surface area contributed by atoms with Gasteiger partial charge in [0.15, 0.2) is 0 Å². The van der Waals surface area contributed by atoms with Crippen LogP contribution in [0.25, 0.3) is 0 Å². The lowest BCUT2D eigenvalue weighted by atomic mass is 9.91. The first-order valence-electron chi connectivity index (χ1n) is 6.86. The monoisotopic (exact) mass is 256 g/mol. The van der Waals surface area contributed by atoms with Gasteiger partial charge in [0.05, 0.1) is 26.6 Å². The summed E-state index contributed by atoms with van der Waals surface area (Å²) in [6, 6.07) is 0. The minimum Gasteiger partial charge on any atom is -0.386 e. The van der Waals surface area contributed by atoms with E-state index >= 15 is 0 Å².